The van der Waals surface area contributed by atoms with Gasteiger partial charge in [-0.1, -0.05) is 13.0 Å². The summed E-state index contributed by atoms with van der Waals surface area (Å²) in [6, 6.07) is 4.13. The van der Waals surface area contributed by atoms with Gasteiger partial charge in [-0.3, -0.25) is 9.78 Å². The number of pyridine rings is 1. The summed E-state index contributed by atoms with van der Waals surface area (Å²) < 4.78 is 0. The summed E-state index contributed by atoms with van der Waals surface area (Å²) in [7, 11) is 0. The van der Waals surface area contributed by atoms with Crippen molar-refractivity contribution in [1.82, 2.24) is 9.88 Å². The average molecular weight is 232 g/mol. The predicted octanol–water partition coefficient (Wildman–Crippen LogP) is 2.27. The van der Waals surface area contributed by atoms with Crippen LogP contribution in [0.2, 0.25) is 0 Å². The fraction of sp³-hybridized carbons (Fsp3) is 0.571. The summed E-state index contributed by atoms with van der Waals surface area (Å²) in [5.74, 6) is 1.00. The third-order valence-corrected chi connectivity index (χ3v) is 3.52. The van der Waals surface area contributed by atoms with E-state index >= 15 is 0 Å². The monoisotopic (exact) mass is 232 g/mol. The standard InChI is InChI=1S/C14H20N2O/c1-2-14(17)16-8-5-12(6-9-16)10-13-4-3-7-15-11-13/h3-4,7,11-12H,2,5-6,8-10H2,1H3. The molecule has 0 unspecified atom stereocenters. The second-order valence-electron chi connectivity index (χ2n) is 4.74. The Bertz CT molecular complexity index is 356. The van der Waals surface area contributed by atoms with Crippen molar-refractivity contribution in [1.29, 1.82) is 0 Å². The fourth-order valence-corrected chi connectivity index (χ4v) is 2.46. The number of hydrogen-bond acceptors (Lipinski definition) is 2. The molecule has 2 rings (SSSR count). The second kappa shape index (κ2) is 5.80. The topological polar surface area (TPSA) is 33.2 Å². The highest BCUT2D eigenvalue weighted by atomic mass is 16.2. The van der Waals surface area contributed by atoms with Crippen LogP contribution in [0.3, 0.4) is 0 Å². The third-order valence-electron chi connectivity index (χ3n) is 3.52. The lowest BCUT2D eigenvalue weighted by Crippen LogP contribution is -2.38. The predicted molar refractivity (Wildman–Crippen MR) is 67.5 cm³/mol. The molecule has 0 spiro atoms. The molecule has 0 bridgehead atoms. The molecule has 1 aromatic heterocycles. The molecule has 1 amide bonds. The molecule has 1 aliphatic heterocycles. The van der Waals surface area contributed by atoms with Gasteiger partial charge in [-0.15, -0.1) is 0 Å². The van der Waals surface area contributed by atoms with E-state index in [2.05, 4.69) is 11.1 Å². The summed E-state index contributed by atoms with van der Waals surface area (Å²) in [5, 5.41) is 0. The lowest BCUT2D eigenvalue weighted by molar-refractivity contribution is -0.132. The first-order valence-electron chi connectivity index (χ1n) is 6.46. The molecule has 1 aromatic rings. The van der Waals surface area contributed by atoms with Gasteiger partial charge in [0.15, 0.2) is 0 Å². The fourth-order valence-electron chi connectivity index (χ4n) is 2.46. The minimum Gasteiger partial charge on any atom is -0.343 e. The number of nitrogens with zero attached hydrogens (tertiary/aromatic N) is 2. The molecule has 1 aliphatic rings. The Balaban J connectivity index is 1.82. The van der Waals surface area contributed by atoms with E-state index in [-0.39, 0.29) is 0 Å². The van der Waals surface area contributed by atoms with Crippen molar-refractivity contribution in [2.75, 3.05) is 13.1 Å². The number of carbonyl (C=O) groups is 1. The first-order chi connectivity index (χ1) is 8.29. The van der Waals surface area contributed by atoms with Crippen LogP contribution in [0.25, 0.3) is 0 Å². The first kappa shape index (κ1) is 12.1. The summed E-state index contributed by atoms with van der Waals surface area (Å²) >= 11 is 0. The largest absolute Gasteiger partial charge is 0.343 e. The van der Waals surface area contributed by atoms with Crippen LogP contribution < -0.4 is 0 Å². The molecule has 2 heterocycles. The van der Waals surface area contributed by atoms with Crippen LogP contribution in [-0.2, 0) is 11.2 Å². The summed E-state index contributed by atoms with van der Waals surface area (Å²) in [4.78, 5) is 17.7. The number of rotatable bonds is 3. The number of likely N-dealkylation sites (tertiary alicyclic amines) is 1. The van der Waals surface area contributed by atoms with Crippen LogP contribution in [0.1, 0.15) is 31.7 Å². The summed E-state index contributed by atoms with van der Waals surface area (Å²) in [5.41, 5.74) is 1.31. The van der Waals surface area contributed by atoms with Crippen LogP contribution >= 0.6 is 0 Å². The van der Waals surface area contributed by atoms with Crippen molar-refractivity contribution in [2.24, 2.45) is 5.92 Å². The average Bonchev–Trinajstić information content (AvgIpc) is 2.40. The summed E-state index contributed by atoms with van der Waals surface area (Å²) in [6.45, 7) is 3.79. The smallest absolute Gasteiger partial charge is 0.222 e. The van der Waals surface area contributed by atoms with Crippen LogP contribution in [-0.4, -0.2) is 28.9 Å². The van der Waals surface area contributed by atoms with Crippen LogP contribution in [0.5, 0.6) is 0 Å². The lowest BCUT2D eigenvalue weighted by Gasteiger charge is -2.31. The maximum absolute atomic E-state index is 11.5. The van der Waals surface area contributed by atoms with E-state index in [1.165, 1.54) is 5.56 Å². The van der Waals surface area contributed by atoms with Gasteiger partial charge in [0.25, 0.3) is 0 Å². The van der Waals surface area contributed by atoms with Gasteiger partial charge in [0.1, 0.15) is 0 Å². The highest BCUT2D eigenvalue weighted by Crippen LogP contribution is 2.21. The van der Waals surface area contributed by atoms with Crippen molar-refractivity contribution in [3.05, 3.63) is 30.1 Å². The molecule has 3 heteroatoms. The Hall–Kier alpha value is -1.38. The zero-order valence-corrected chi connectivity index (χ0v) is 10.4. The molecule has 0 N–H and O–H groups in total. The van der Waals surface area contributed by atoms with Crippen molar-refractivity contribution in [2.45, 2.75) is 32.6 Å². The van der Waals surface area contributed by atoms with Crippen LogP contribution in [0.15, 0.2) is 24.5 Å². The summed E-state index contributed by atoms with van der Waals surface area (Å²) in [6.07, 6.45) is 7.74. The SMILES string of the molecule is CCC(=O)N1CCC(Cc2cccnc2)CC1. The molecule has 0 atom stereocenters. The normalized spacial score (nSPS) is 17.1. The Morgan fingerprint density at radius 3 is 2.82 bits per heavy atom. The third kappa shape index (κ3) is 3.29. The van der Waals surface area contributed by atoms with Crippen LogP contribution in [0.4, 0.5) is 0 Å². The van der Waals surface area contributed by atoms with E-state index in [1.54, 1.807) is 0 Å². The van der Waals surface area contributed by atoms with Crippen molar-refractivity contribution >= 4 is 5.91 Å². The lowest BCUT2D eigenvalue weighted by atomic mass is 9.90. The number of hydrogen-bond donors (Lipinski definition) is 0. The minimum atomic E-state index is 0.296. The highest BCUT2D eigenvalue weighted by molar-refractivity contribution is 5.75. The number of piperidine rings is 1. The van der Waals surface area contributed by atoms with Gasteiger partial charge < -0.3 is 4.90 Å². The van der Waals surface area contributed by atoms with E-state index in [0.29, 0.717) is 18.2 Å². The van der Waals surface area contributed by atoms with E-state index < -0.39 is 0 Å². The molecular weight excluding hydrogens is 212 g/mol. The Morgan fingerprint density at radius 2 is 2.24 bits per heavy atom. The molecule has 92 valence electrons. The van der Waals surface area contributed by atoms with Gasteiger partial charge in [-0.25, -0.2) is 0 Å². The Kier molecular flexibility index (Phi) is 4.13. The number of aromatic nitrogens is 1. The van der Waals surface area contributed by atoms with E-state index in [1.807, 2.05) is 30.3 Å². The highest BCUT2D eigenvalue weighted by Gasteiger charge is 2.21. The molecule has 0 aromatic carbocycles. The second-order valence-corrected chi connectivity index (χ2v) is 4.74. The molecule has 0 saturated carbocycles. The van der Waals surface area contributed by atoms with Crippen molar-refractivity contribution < 1.29 is 4.79 Å². The van der Waals surface area contributed by atoms with Gasteiger partial charge >= 0.3 is 0 Å². The first-order valence-corrected chi connectivity index (χ1v) is 6.46. The van der Waals surface area contributed by atoms with Gasteiger partial charge in [-0.2, -0.15) is 0 Å². The maximum Gasteiger partial charge on any atom is 0.222 e. The molecule has 0 aliphatic carbocycles. The zero-order valence-electron chi connectivity index (χ0n) is 10.4. The number of amides is 1. The van der Waals surface area contributed by atoms with Gasteiger partial charge in [0.05, 0.1) is 0 Å². The van der Waals surface area contributed by atoms with Gasteiger partial charge in [0.2, 0.25) is 5.91 Å². The molecule has 0 radical (unpaired) electrons. The van der Waals surface area contributed by atoms with Crippen LogP contribution in [0, 0.1) is 5.92 Å². The molecule has 1 fully saturated rings. The number of carbonyl (C=O) groups excluding carboxylic acids is 1. The molecule has 1 saturated heterocycles. The quantitative estimate of drug-likeness (QED) is 0.801. The Labute approximate surface area is 103 Å². The molecule has 3 nitrogen and oxygen atoms in total. The van der Waals surface area contributed by atoms with E-state index in [9.17, 15) is 4.79 Å². The van der Waals surface area contributed by atoms with Crippen molar-refractivity contribution in [3.8, 4) is 0 Å². The van der Waals surface area contributed by atoms with Gasteiger partial charge in [0, 0.05) is 31.9 Å². The Morgan fingerprint density at radius 1 is 1.47 bits per heavy atom. The van der Waals surface area contributed by atoms with Crippen molar-refractivity contribution in [3.63, 3.8) is 0 Å². The van der Waals surface area contributed by atoms with E-state index in [0.717, 1.165) is 32.4 Å². The molecular formula is C14H20N2O. The molecule has 17 heavy (non-hydrogen) atoms. The van der Waals surface area contributed by atoms with Gasteiger partial charge in [-0.05, 0) is 36.8 Å². The zero-order chi connectivity index (χ0) is 12.1. The minimum absolute atomic E-state index is 0.296. The van der Waals surface area contributed by atoms with E-state index in [4.69, 9.17) is 0 Å². The maximum atomic E-state index is 11.5.